The van der Waals surface area contributed by atoms with Gasteiger partial charge in [0.05, 0.1) is 11.3 Å². The van der Waals surface area contributed by atoms with Crippen LogP contribution < -0.4 is 10.8 Å². The van der Waals surface area contributed by atoms with Gasteiger partial charge in [-0.1, -0.05) is 48.0 Å². The Balaban J connectivity index is 1.30. The molecule has 2 aromatic heterocycles. The number of hydrogen-bond donors (Lipinski definition) is 1. The number of likely N-dealkylation sites (tertiary alicyclic amines) is 1. The molecule has 2 aromatic carbocycles. The number of hydrogen-bond acceptors (Lipinski definition) is 4. The van der Waals surface area contributed by atoms with Crippen LogP contribution in [-0.4, -0.2) is 47.0 Å². The molecule has 1 saturated heterocycles. The zero-order valence-corrected chi connectivity index (χ0v) is 20.7. The highest BCUT2D eigenvalue weighted by Gasteiger charge is 2.30. The van der Waals surface area contributed by atoms with Gasteiger partial charge in [0.2, 0.25) is 0 Å². The number of aromatic nitrogens is 3. The monoisotopic (exact) mass is 511 g/mol. The van der Waals surface area contributed by atoms with E-state index in [1.54, 1.807) is 16.8 Å². The van der Waals surface area contributed by atoms with E-state index in [4.69, 9.17) is 16.6 Å². The lowest BCUT2D eigenvalue weighted by Gasteiger charge is -2.33. The fourth-order valence-electron chi connectivity index (χ4n) is 4.82. The number of nitrogens with zero attached hydrogens (tertiary/aromatic N) is 4. The van der Waals surface area contributed by atoms with E-state index < -0.39 is 11.7 Å². The van der Waals surface area contributed by atoms with E-state index in [0.717, 1.165) is 66.7 Å². The van der Waals surface area contributed by atoms with Crippen molar-refractivity contribution in [3.63, 3.8) is 0 Å². The van der Waals surface area contributed by atoms with Gasteiger partial charge >= 0.3 is 6.18 Å². The molecule has 1 fully saturated rings. The topological polar surface area (TPSA) is 45.5 Å². The average Bonchev–Trinajstić information content (AvgIpc) is 3.23. The van der Waals surface area contributed by atoms with Crippen LogP contribution in [0, 0.1) is 5.92 Å². The van der Waals surface area contributed by atoms with Crippen molar-refractivity contribution in [1.29, 1.82) is 0 Å². The lowest BCUT2D eigenvalue weighted by atomic mass is 9.97. The van der Waals surface area contributed by atoms with Gasteiger partial charge in [0.15, 0.2) is 5.65 Å². The number of alkyl halides is 3. The van der Waals surface area contributed by atoms with E-state index in [-0.39, 0.29) is 0 Å². The Bertz CT molecular complexity index is 1370. The van der Waals surface area contributed by atoms with Gasteiger partial charge in [0.1, 0.15) is 13.7 Å². The van der Waals surface area contributed by atoms with E-state index in [9.17, 15) is 13.2 Å². The first-order valence-electron chi connectivity index (χ1n) is 12.0. The van der Waals surface area contributed by atoms with Crippen molar-refractivity contribution >= 4 is 36.4 Å². The minimum absolute atomic E-state index is 0.355. The average molecular weight is 512 g/mol. The maximum Gasteiger partial charge on any atom is 0.416 e. The molecule has 1 unspecified atom stereocenters. The molecular formula is C26H26BClF3N5. The van der Waals surface area contributed by atoms with Crippen LogP contribution in [0.4, 0.5) is 19.0 Å². The third-order valence-corrected chi connectivity index (χ3v) is 6.96. The lowest BCUT2D eigenvalue weighted by molar-refractivity contribution is -0.137. The number of halogens is 4. The van der Waals surface area contributed by atoms with Crippen LogP contribution >= 0.6 is 11.6 Å². The van der Waals surface area contributed by atoms with Crippen LogP contribution in [-0.2, 0) is 12.7 Å². The molecule has 0 bridgehead atoms. The molecule has 1 aliphatic rings. The Morgan fingerprint density at radius 1 is 1.11 bits per heavy atom. The fraction of sp³-hybridized carbons (Fsp3) is 0.308. The van der Waals surface area contributed by atoms with Crippen LogP contribution in [0.25, 0.3) is 16.9 Å². The van der Waals surface area contributed by atoms with Gasteiger partial charge in [-0.25, -0.2) is 4.98 Å². The maximum atomic E-state index is 13.1. The molecule has 0 radical (unpaired) electrons. The summed E-state index contributed by atoms with van der Waals surface area (Å²) in [5.41, 5.74) is 3.46. The number of anilines is 1. The Morgan fingerprint density at radius 3 is 2.75 bits per heavy atom. The zero-order chi connectivity index (χ0) is 25.3. The Labute approximate surface area is 213 Å². The van der Waals surface area contributed by atoms with E-state index in [1.807, 2.05) is 38.2 Å². The van der Waals surface area contributed by atoms with Crippen molar-refractivity contribution in [3.8, 4) is 11.3 Å². The van der Waals surface area contributed by atoms with Crippen LogP contribution in [0.3, 0.4) is 0 Å². The standard InChI is InChI=1S/C26H26BClF3N5/c27-21-14-33-36-24(12-23(34-25(21)36)20-8-1-2-9-22(20)28)32-13-18-6-4-10-35(16-18)15-17-5-3-7-19(11-17)26(29,30)31/h1-3,5,7-9,11-12,14,18,32H,4,6,10,13,15-16,27H2. The van der Waals surface area contributed by atoms with E-state index >= 15 is 0 Å². The summed E-state index contributed by atoms with van der Waals surface area (Å²) < 4.78 is 41.1. The Morgan fingerprint density at radius 2 is 1.94 bits per heavy atom. The molecule has 36 heavy (non-hydrogen) atoms. The number of piperidine rings is 1. The molecule has 0 aliphatic carbocycles. The summed E-state index contributed by atoms with van der Waals surface area (Å²) in [5, 5.41) is 8.68. The first kappa shape index (κ1) is 24.7. The molecule has 1 aliphatic heterocycles. The van der Waals surface area contributed by atoms with Crippen molar-refractivity contribution in [2.24, 2.45) is 5.92 Å². The molecule has 1 N–H and O–H groups in total. The van der Waals surface area contributed by atoms with Gasteiger partial charge in [-0.15, -0.1) is 0 Å². The fourth-order valence-corrected chi connectivity index (χ4v) is 5.05. The summed E-state index contributed by atoms with van der Waals surface area (Å²) in [6, 6.07) is 15.2. The van der Waals surface area contributed by atoms with Gasteiger partial charge in [-0.3, -0.25) is 4.90 Å². The molecule has 186 valence electrons. The minimum Gasteiger partial charge on any atom is -0.370 e. The van der Waals surface area contributed by atoms with Gasteiger partial charge < -0.3 is 5.32 Å². The Hall–Kier alpha value is -3.04. The molecule has 0 spiro atoms. The normalized spacial score (nSPS) is 16.9. The molecule has 1 atom stereocenters. The summed E-state index contributed by atoms with van der Waals surface area (Å²) in [4.78, 5) is 7.03. The predicted molar refractivity (Wildman–Crippen MR) is 140 cm³/mol. The predicted octanol–water partition coefficient (Wildman–Crippen LogP) is 4.65. The molecule has 5 rings (SSSR count). The van der Waals surface area contributed by atoms with Crippen molar-refractivity contribution in [1.82, 2.24) is 19.5 Å². The smallest absolute Gasteiger partial charge is 0.370 e. The quantitative estimate of drug-likeness (QED) is 0.383. The number of nitrogens with one attached hydrogen (secondary N) is 1. The second kappa shape index (κ2) is 10.1. The van der Waals surface area contributed by atoms with Crippen molar-refractivity contribution in [2.45, 2.75) is 25.6 Å². The summed E-state index contributed by atoms with van der Waals surface area (Å²) in [6.07, 6.45) is -0.478. The van der Waals surface area contributed by atoms with Gasteiger partial charge in [-0.05, 0) is 48.5 Å². The number of benzene rings is 2. The highest BCUT2D eigenvalue weighted by Crippen LogP contribution is 2.31. The summed E-state index contributed by atoms with van der Waals surface area (Å²) in [5.74, 6) is 1.19. The van der Waals surface area contributed by atoms with Crippen LogP contribution in [0.15, 0.2) is 60.8 Å². The molecule has 10 heteroatoms. The number of rotatable bonds is 6. The van der Waals surface area contributed by atoms with Crippen LogP contribution in [0.2, 0.25) is 5.02 Å². The van der Waals surface area contributed by atoms with E-state index in [1.165, 1.54) is 12.1 Å². The first-order chi connectivity index (χ1) is 17.3. The highest BCUT2D eigenvalue weighted by molar-refractivity contribution is 6.36. The third kappa shape index (κ3) is 5.37. The molecule has 5 nitrogen and oxygen atoms in total. The first-order valence-corrected chi connectivity index (χ1v) is 12.4. The largest absolute Gasteiger partial charge is 0.416 e. The summed E-state index contributed by atoms with van der Waals surface area (Å²) >= 11 is 6.44. The molecule has 0 saturated carbocycles. The second-order valence-electron chi connectivity index (χ2n) is 9.39. The van der Waals surface area contributed by atoms with Crippen molar-refractivity contribution in [2.75, 3.05) is 25.0 Å². The van der Waals surface area contributed by atoms with Gasteiger partial charge in [-0.2, -0.15) is 22.8 Å². The SMILES string of the molecule is Bc1cnn2c(NCC3CCCN(Cc4cccc(C(F)(F)F)c4)C3)cc(-c3ccccc3Cl)nc12. The minimum atomic E-state index is -4.33. The molecular weight excluding hydrogens is 486 g/mol. The van der Waals surface area contributed by atoms with Gasteiger partial charge in [0.25, 0.3) is 0 Å². The van der Waals surface area contributed by atoms with E-state index in [0.29, 0.717) is 23.0 Å². The highest BCUT2D eigenvalue weighted by atomic mass is 35.5. The van der Waals surface area contributed by atoms with Crippen LogP contribution in [0.1, 0.15) is 24.0 Å². The third-order valence-electron chi connectivity index (χ3n) is 6.63. The van der Waals surface area contributed by atoms with Crippen molar-refractivity contribution in [3.05, 3.63) is 76.9 Å². The molecule has 0 amide bonds. The summed E-state index contributed by atoms with van der Waals surface area (Å²) in [7, 11) is 1.97. The lowest BCUT2D eigenvalue weighted by Crippen LogP contribution is -2.37. The van der Waals surface area contributed by atoms with Crippen LogP contribution in [0.5, 0.6) is 0 Å². The zero-order valence-electron chi connectivity index (χ0n) is 19.9. The maximum absolute atomic E-state index is 13.1. The van der Waals surface area contributed by atoms with E-state index in [2.05, 4.69) is 15.3 Å². The molecule has 3 heterocycles. The second-order valence-corrected chi connectivity index (χ2v) is 9.80. The van der Waals surface area contributed by atoms with Gasteiger partial charge in [0, 0.05) is 42.5 Å². The van der Waals surface area contributed by atoms with Crippen molar-refractivity contribution < 1.29 is 13.2 Å². The molecule has 4 aromatic rings. The Kier molecular flexibility index (Phi) is 6.95. The number of fused-ring (bicyclic) bond motifs is 1. The summed E-state index contributed by atoms with van der Waals surface area (Å²) in [6.45, 7) is 2.92.